The van der Waals surface area contributed by atoms with Crippen LogP contribution < -0.4 is 0 Å². The summed E-state index contributed by atoms with van der Waals surface area (Å²) in [6, 6.07) is -0.729. The number of ketones is 1. The first-order valence-electron chi connectivity index (χ1n) is 14.4. The van der Waals surface area contributed by atoms with Gasteiger partial charge < -0.3 is 44.3 Å². The van der Waals surface area contributed by atoms with Crippen molar-refractivity contribution in [3.8, 4) is 0 Å². The van der Waals surface area contributed by atoms with E-state index < -0.39 is 85.0 Å². The molecule has 0 aromatic carbocycles. The summed E-state index contributed by atoms with van der Waals surface area (Å²) in [6.45, 7) is 8.26. The molecule has 0 amide bonds. The fourth-order valence-electron chi connectivity index (χ4n) is 5.61. The molecule has 1 saturated heterocycles. The first kappa shape index (κ1) is 35.2. The van der Waals surface area contributed by atoms with E-state index in [9.17, 15) is 34.8 Å². The number of carbonyl (C=O) groups excluding carboxylic acids is 3. The number of likely N-dealkylation sites (N-methyl/N-ethyl adjacent to an activating group) is 1. The van der Waals surface area contributed by atoms with Gasteiger partial charge in [-0.1, -0.05) is 38.5 Å². The second-order valence-corrected chi connectivity index (χ2v) is 11.7. The van der Waals surface area contributed by atoms with Gasteiger partial charge in [0.05, 0.1) is 43.5 Å². The summed E-state index contributed by atoms with van der Waals surface area (Å²) in [7, 11) is 3.40. The number of aliphatic hydroxyl groups excluding tert-OH is 4. The van der Waals surface area contributed by atoms with Gasteiger partial charge >= 0.3 is 5.97 Å². The van der Waals surface area contributed by atoms with Crippen molar-refractivity contribution < 1.29 is 49.0 Å². The van der Waals surface area contributed by atoms with Gasteiger partial charge in [-0.3, -0.25) is 9.59 Å². The van der Waals surface area contributed by atoms with Gasteiger partial charge in [-0.2, -0.15) is 0 Å². The fourth-order valence-corrected chi connectivity index (χ4v) is 5.61. The number of carbonyl (C=O) groups is 3. The van der Waals surface area contributed by atoms with Gasteiger partial charge in [-0.05, 0) is 46.9 Å². The van der Waals surface area contributed by atoms with Crippen molar-refractivity contribution in [1.29, 1.82) is 0 Å². The largest absolute Gasteiger partial charge is 0.462 e. The van der Waals surface area contributed by atoms with Gasteiger partial charge in [0.15, 0.2) is 12.1 Å². The predicted molar refractivity (Wildman–Crippen MR) is 150 cm³/mol. The van der Waals surface area contributed by atoms with E-state index in [4.69, 9.17) is 14.2 Å². The summed E-state index contributed by atoms with van der Waals surface area (Å²) in [5.41, 5.74) is 0.697. The van der Waals surface area contributed by atoms with Crippen LogP contribution in [-0.4, -0.2) is 113 Å². The maximum atomic E-state index is 13.0. The molecule has 0 aromatic rings. The highest BCUT2D eigenvalue weighted by molar-refractivity contribution is 5.92. The van der Waals surface area contributed by atoms with Crippen LogP contribution in [0.1, 0.15) is 53.9 Å². The van der Waals surface area contributed by atoms with E-state index in [0.717, 1.165) is 0 Å². The topological polar surface area (TPSA) is 163 Å². The van der Waals surface area contributed by atoms with E-state index in [2.05, 4.69) is 0 Å². The van der Waals surface area contributed by atoms with Crippen molar-refractivity contribution in [2.45, 2.75) is 103 Å². The van der Waals surface area contributed by atoms with Crippen molar-refractivity contribution in [1.82, 2.24) is 4.90 Å². The first-order chi connectivity index (χ1) is 19.2. The third kappa shape index (κ3) is 9.25. The lowest BCUT2D eigenvalue weighted by Gasteiger charge is -2.46. The molecule has 0 bridgehead atoms. The zero-order valence-electron chi connectivity index (χ0n) is 25.3. The highest BCUT2D eigenvalue weighted by Gasteiger charge is 2.47. The Morgan fingerprint density at radius 2 is 1.76 bits per heavy atom. The van der Waals surface area contributed by atoms with Crippen LogP contribution in [0.3, 0.4) is 0 Å². The average molecular weight is 584 g/mol. The molecule has 11 heteroatoms. The molecule has 2 aliphatic heterocycles. The molecule has 1 unspecified atom stereocenters. The van der Waals surface area contributed by atoms with E-state index in [1.807, 2.05) is 6.92 Å². The molecule has 2 aliphatic rings. The Hall–Kier alpha value is -1.99. The van der Waals surface area contributed by atoms with Crippen LogP contribution in [-0.2, 0) is 28.6 Å². The number of aldehydes is 1. The zero-order valence-corrected chi connectivity index (χ0v) is 25.3. The van der Waals surface area contributed by atoms with E-state index in [1.54, 1.807) is 58.8 Å². The third-order valence-corrected chi connectivity index (χ3v) is 8.27. The molecule has 234 valence electrons. The smallest absolute Gasteiger partial charge is 0.308 e. The Labute approximate surface area is 243 Å². The molecule has 0 radical (unpaired) electrons. The second kappa shape index (κ2) is 16.0. The molecule has 0 aliphatic carbocycles. The summed E-state index contributed by atoms with van der Waals surface area (Å²) < 4.78 is 17.6. The van der Waals surface area contributed by atoms with Crippen molar-refractivity contribution in [3.05, 3.63) is 23.8 Å². The van der Waals surface area contributed by atoms with Crippen molar-refractivity contribution in [2.24, 2.45) is 23.7 Å². The number of rotatable bonds is 6. The Bertz CT molecular complexity index is 936. The minimum absolute atomic E-state index is 0.0802. The minimum Gasteiger partial charge on any atom is -0.462 e. The van der Waals surface area contributed by atoms with E-state index in [-0.39, 0.29) is 18.8 Å². The monoisotopic (exact) mass is 583 g/mol. The van der Waals surface area contributed by atoms with Gasteiger partial charge in [0.1, 0.15) is 18.5 Å². The Balaban J connectivity index is 2.48. The number of cyclic esters (lactones) is 1. The van der Waals surface area contributed by atoms with Crippen LogP contribution in [0, 0.1) is 23.7 Å². The van der Waals surface area contributed by atoms with Gasteiger partial charge in [0, 0.05) is 23.7 Å². The zero-order chi connectivity index (χ0) is 31.0. The molecule has 0 aromatic heterocycles. The molecule has 12 atom stereocenters. The van der Waals surface area contributed by atoms with Crippen LogP contribution in [0.2, 0.25) is 0 Å². The molecular formula is C30H49NO10. The Kier molecular flexibility index (Phi) is 13.8. The quantitative estimate of drug-likeness (QED) is 0.261. The molecule has 0 saturated carbocycles. The van der Waals surface area contributed by atoms with Crippen molar-refractivity contribution in [2.75, 3.05) is 20.7 Å². The number of nitrogens with zero attached hydrogens (tertiary/aromatic N) is 1. The molecule has 4 N–H and O–H groups in total. The number of allylic oxidation sites excluding steroid dienone is 3. The van der Waals surface area contributed by atoms with Crippen LogP contribution in [0.5, 0.6) is 0 Å². The normalized spacial score (nSPS) is 42.3. The van der Waals surface area contributed by atoms with Gasteiger partial charge in [0.25, 0.3) is 0 Å². The molecule has 1 fully saturated rings. The molecule has 2 rings (SSSR count). The summed E-state index contributed by atoms with van der Waals surface area (Å²) in [5.74, 6) is -3.72. The predicted octanol–water partition coefficient (Wildman–Crippen LogP) is 1.01. The minimum atomic E-state index is -1.30. The lowest BCUT2D eigenvalue weighted by atomic mass is 9.81. The van der Waals surface area contributed by atoms with Crippen molar-refractivity contribution in [3.63, 3.8) is 0 Å². The third-order valence-electron chi connectivity index (χ3n) is 8.27. The number of hydrogen-bond acceptors (Lipinski definition) is 11. The number of ether oxygens (including phenoxy) is 3. The van der Waals surface area contributed by atoms with E-state index in [0.29, 0.717) is 18.3 Å². The molecule has 0 spiro atoms. The van der Waals surface area contributed by atoms with Crippen molar-refractivity contribution >= 4 is 18.0 Å². The number of esters is 1. The molecular weight excluding hydrogens is 534 g/mol. The molecule has 11 nitrogen and oxygen atoms in total. The SMILES string of the molecule is CC[C@H]1OC(=O)C[C@@H](O)[C@H](C)[C@@H](O[C@@H]2O[C@H](C)[C@@H](O)[C@H](N(C)C)[C@H]2O)C(C=O)C[C@@H](C)C(=O)/C=C/C(C)=C/[C@@H]1CO. The van der Waals surface area contributed by atoms with E-state index >= 15 is 0 Å². The maximum absolute atomic E-state index is 13.0. The summed E-state index contributed by atoms with van der Waals surface area (Å²) in [4.78, 5) is 40.0. The lowest BCUT2D eigenvalue weighted by Crippen LogP contribution is -2.63. The van der Waals surface area contributed by atoms with Crippen LogP contribution in [0.4, 0.5) is 0 Å². The van der Waals surface area contributed by atoms with Crippen LogP contribution >= 0.6 is 0 Å². The van der Waals surface area contributed by atoms with Crippen LogP contribution in [0.25, 0.3) is 0 Å². The standard InChI is InChI=1S/C30H49NO10/c1-8-24-20(14-32)11-16(2)9-10-22(34)17(3)12-21(15-33)29(18(4)23(35)13-25(36)40-24)41-30-28(38)26(31(6)7)27(37)19(5)39-30/h9-11,15,17-21,23-24,26-30,32,35,37-38H,8,12-14H2,1-7H3/b10-9+,16-11+/t17-,18+,19-,20-,21?,23-,24-,26+,27-,28-,29-,30+/m1/s1. The summed E-state index contributed by atoms with van der Waals surface area (Å²) in [6.07, 6.45) is -1.74. The Morgan fingerprint density at radius 1 is 1.10 bits per heavy atom. The number of aliphatic hydroxyl groups is 4. The average Bonchev–Trinajstić information content (AvgIpc) is 2.92. The summed E-state index contributed by atoms with van der Waals surface area (Å²) >= 11 is 0. The van der Waals surface area contributed by atoms with Gasteiger partial charge in [-0.25, -0.2) is 0 Å². The summed E-state index contributed by atoms with van der Waals surface area (Å²) in [5, 5.41) is 42.7. The van der Waals surface area contributed by atoms with Gasteiger partial charge in [0.2, 0.25) is 0 Å². The molecule has 41 heavy (non-hydrogen) atoms. The van der Waals surface area contributed by atoms with E-state index in [1.165, 1.54) is 6.08 Å². The first-order valence-corrected chi connectivity index (χ1v) is 14.4. The van der Waals surface area contributed by atoms with Gasteiger partial charge in [-0.15, -0.1) is 0 Å². The number of hydrogen-bond donors (Lipinski definition) is 4. The van der Waals surface area contributed by atoms with Crippen LogP contribution in [0.15, 0.2) is 23.8 Å². The second-order valence-electron chi connectivity index (χ2n) is 11.7. The lowest BCUT2D eigenvalue weighted by molar-refractivity contribution is -0.302. The Morgan fingerprint density at radius 3 is 2.32 bits per heavy atom. The fraction of sp³-hybridized carbons (Fsp3) is 0.767. The maximum Gasteiger partial charge on any atom is 0.308 e. The highest BCUT2D eigenvalue weighted by atomic mass is 16.7. The molecule has 2 heterocycles. The highest BCUT2D eigenvalue weighted by Crippen LogP contribution is 2.32.